The van der Waals surface area contributed by atoms with E-state index in [0.29, 0.717) is 17.5 Å². The predicted octanol–water partition coefficient (Wildman–Crippen LogP) is -0.962. The van der Waals surface area contributed by atoms with Crippen LogP contribution in [0.1, 0.15) is 76.8 Å². The molecule has 0 saturated heterocycles. The van der Waals surface area contributed by atoms with Gasteiger partial charge >= 0.3 is 25.7 Å². The van der Waals surface area contributed by atoms with Crippen molar-refractivity contribution in [2.45, 2.75) is 115 Å². The Morgan fingerprint density at radius 3 is 1.39 bits per heavy atom. The molecule has 2 aromatic rings. The molecule has 0 radical (unpaired) electrons. The molecule has 0 fully saturated rings. The number of carbonyl (C=O) groups excluding carboxylic acids is 6. The Balaban J connectivity index is 2.55. The molecule has 0 bridgehead atoms. The van der Waals surface area contributed by atoms with E-state index in [9.17, 15) is 63.0 Å². The highest BCUT2D eigenvalue weighted by molar-refractivity contribution is 7.50. The zero-order chi connectivity index (χ0) is 50.3. The quantitative estimate of drug-likeness (QED) is 0.0202. The molecular formula is C42H60N9O15P. The maximum Gasteiger partial charge on any atom is 0.429 e. The van der Waals surface area contributed by atoms with E-state index in [0.717, 1.165) is 0 Å². The number of nitrogens with two attached hydrogens (primary N) is 1. The Hall–Kier alpha value is -6.91. The number of hydrogen-bond acceptors (Lipinski definition) is 11. The molecule has 0 aliphatic rings. The minimum Gasteiger partial charge on any atom is -0.481 e. The van der Waals surface area contributed by atoms with Crippen molar-refractivity contribution in [1.82, 2.24) is 37.0 Å². The highest BCUT2D eigenvalue weighted by Gasteiger charge is 2.34. The normalized spacial score (nSPS) is 14.6. The molecule has 6 amide bonds. The van der Waals surface area contributed by atoms with Gasteiger partial charge in [0, 0.05) is 39.2 Å². The molecule has 0 aromatic heterocycles. The molecule has 0 heterocycles. The third-order valence-corrected chi connectivity index (χ3v) is 10.6. The van der Waals surface area contributed by atoms with Gasteiger partial charge in [-0.1, -0.05) is 80.9 Å². The van der Waals surface area contributed by atoms with Crippen LogP contribution >= 0.6 is 7.75 Å². The number of carboxylic acid groups (broad SMARTS) is 3. The van der Waals surface area contributed by atoms with E-state index in [4.69, 9.17) is 15.5 Å². The third kappa shape index (κ3) is 22.2. The molecule has 2 aromatic carbocycles. The van der Waals surface area contributed by atoms with Crippen molar-refractivity contribution in [1.29, 1.82) is 0 Å². The zero-order valence-electron chi connectivity index (χ0n) is 37.2. The second-order valence-corrected chi connectivity index (χ2v) is 16.8. The molecule has 368 valence electrons. The van der Waals surface area contributed by atoms with Crippen LogP contribution in [0.15, 0.2) is 65.7 Å². The number of benzene rings is 2. The molecule has 2 rings (SSSR count). The lowest BCUT2D eigenvalue weighted by molar-refractivity contribution is -0.144. The molecule has 25 heteroatoms. The summed E-state index contributed by atoms with van der Waals surface area (Å²) in [5, 5.41) is 45.0. The summed E-state index contributed by atoms with van der Waals surface area (Å²) in [5.74, 6) is -11.0. The first-order chi connectivity index (χ1) is 31.5. The summed E-state index contributed by atoms with van der Waals surface area (Å²) in [6.07, 6.45) is -2.75. The van der Waals surface area contributed by atoms with Crippen molar-refractivity contribution in [3.63, 3.8) is 0 Å². The molecule has 0 aliphatic heterocycles. The van der Waals surface area contributed by atoms with E-state index in [1.165, 1.54) is 6.92 Å². The molecule has 0 unspecified atom stereocenters. The van der Waals surface area contributed by atoms with Crippen LogP contribution in [0.2, 0.25) is 0 Å². The van der Waals surface area contributed by atoms with Crippen LogP contribution in [-0.2, 0) is 60.6 Å². The average Bonchev–Trinajstić information content (AvgIpc) is 3.25. The zero-order valence-corrected chi connectivity index (χ0v) is 38.1. The molecule has 0 aliphatic carbocycles. The lowest BCUT2D eigenvalue weighted by Gasteiger charge is -2.28. The van der Waals surface area contributed by atoms with E-state index in [2.05, 4.69) is 36.9 Å². The summed E-state index contributed by atoms with van der Waals surface area (Å²) < 4.78 is 11.3. The number of aliphatic imine (C=N–C) groups is 1. The number of carbonyl (C=O) groups is 9. The maximum absolute atomic E-state index is 14.3. The summed E-state index contributed by atoms with van der Waals surface area (Å²) >= 11 is 0. The standard InChI is InChI=1S/C42H60N9O15P/c1-4-24(2)35(41(62)63)50-38(59)30(18-20-34(55)56)48-37(58)29(17-19-33(53)54)47-36(57)28(16-11-21-44-42(43)51-67(64,65)66)46-40(61)32(23-27-14-9-6-10-15-27)49-39(60)31(45-25(3)52)22-26-12-7-5-8-13-26/h5-10,12-15,24,28-32,35H,4,11,16-23H2,1-3H3,(H,45,52)(H,46,61)(H,47,57)(H,48,58)(H,49,60)(H,50,59)(H,53,54)(H,55,56)(H,62,63)(H5,43,44,51,64,65,66)/t24-,28-,29-,30-,31-,32-,35-/m0/s1. The first-order valence-electron chi connectivity index (χ1n) is 21.2. The minimum atomic E-state index is -4.84. The van der Waals surface area contributed by atoms with E-state index in [1.807, 2.05) is 0 Å². The van der Waals surface area contributed by atoms with Crippen molar-refractivity contribution >= 4 is 67.1 Å². The van der Waals surface area contributed by atoms with Crippen molar-refractivity contribution in [2.24, 2.45) is 16.6 Å². The predicted molar refractivity (Wildman–Crippen MR) is 239 cm³/mol. The van der Waals surface area contributed by atoms with Gasteiger partial charge in [-0.3, -0.25) is 48.4 Å². The highest BCUT2D eigenvalue weighted by atomic mass is 31.2. The van der Waals surface area contributed by atoms with Crippen LogP contribution in [-0.4, -0.2) is 127 Å². The van der Waals surface area contributed by atoms with Gasteiger partial charge in [-0.05, 0) is 42.7 Å². The van der Waals surface area contributed by atoms with Gasteiger partial charge in [0.25, 0.3) is 0 Å². The van der Waals surface area contributed by atoms with Crippen molar-refractivity contribution in [2.75, 3.05) is 6.54 Å². The van der Waals surface area contributed by atoms with Crippen LogP contribution in [0.3, 0.4) is 0 Å². The molecule has 14 N–H and O–H groups in total. The van der Waals surface area contributed by atoms with Gasteiger partial charge in [0.1, 0.15) is 36.3 Å². The SMILES string of the molecule is CC[C@H](C)[C@H](NC(=O)[C@H](CCC(=O)O)NC(=O)[C@H](CCC(=O)O)NC(=O)[C@H](CCCN=C(N)NP(=O)(O)O)NC(=O)[C@H](Cc1ccccc1)NC(=O)[C@H](Cc1ccccc1)NC(C)=O)C(=O)O. The topological polar surface area (TPSA) is 394 Å². The van der Waals surface area contributed by atoms with Gasteiger partial charge < -0.3 is 62.7 Å². The van der Waals surface area contributed by atoms with Crippen LogP contribution in [0, 0.1) is 5.92 Å². The number of nitrogens with zero attached hydrogens (tertiary/aromatic N) is 1. The number of nitrogens with one attached hydrogen (secondary N) is 7. The fourth-order valence-electron chi connectivity index (χ4n) is 6.41. The molecule has 7 atom stereocenters. The molecule has 67 heavy (non-hydrogen) atoms. The smallest absolute Gasteiger partial charge is 0.429 e. The summed E-state index contributed by atoms with van der Waals surface area (Å²) in [6, 6.07) is 8.06. The van der Waals surface area contributed by atoms with E-state index >= 15 is 0 Å². The van der Waals surface area contributed by atoms with E-state index in [-0.39, 0.29) is 32.2 Å². The molecular weight excluding hydrogens is 901 g/mol. The van der Waals surface area contributed by atoms with Gasteiger partial charge in [0.15, 0.2) is 5.96 Å². The van der Waals surface area contributed by atoms with E-state index < -0.39 is 135 Å². The Labute approximate surface area is 385 Å². The first kappa shape index (κ1) is 56.2. The highest BCUT2D eigenvalue weighted by Crippen LogP contribution is 2.27. The second kappa shape index (κ2) is 28.2. The fourth-order valence-corrected chi connectivity index (χ4v) is 6.78. The van der Waals surface area contributed by atoms with Gasteiger partial charge in [0.05, 0.1) is 0 Å². The van der Waals surface area contributed by atoms with Crippen LogP contribution in [0.25, 0.3) is 0 Å². The van der Waals surface area contributed by atoms with Crippen molar-refractivity contribution in [3.05, 3.63) is 71.8 Å². The van der Waals surface area contributed by atoms with Gasteiger partial charge in [0.2, 0.25) is 35.4 Å². The van der Waals surface area contributed by atoms with Crippen LogP contribution < -0.4 is 42.7 Å². The number of hydrogen-bond donors (Lipinski definition) is 13. The summed E-state index contributed by atoms with van der Waals surface area (Å²) in [6.45, 7) is 4.14. The number of carboxylic acids is 3. The van der Waals surface area contributed by atoms with Gasteiger partial charge in [-0.25, -0.2) is 9.36 Å². The summed E-state index contributed by atoms with van der Waals surface area (Å²) in [4.78, 5) is 139. The lowest BCUT2D eigenvalue weighted by atomic mass is 9.98. The number of guanidine groups is 1. The van der Waals surface area contributed by atoms with Crippen molar-refractivity contribution in [3.8, 4) is 0 Å². The fraction of sp³-hybridized carbons (Fsp3) is 0.476. The Morgan fingerprint density at radius 2 is 1.00 bits per heavy atom. The third-order valence-electron chi connectivity index (χ3n) is 10.1. The second-order valence-electron chi connectivity index (χ2n) is 15.5. The lowest BCUT2D eigenvalue weighted by Crippen LogP contribution is -2.60. The minimum absolute atomic E-state index is 0.0358. The average molecular weight is 962 g/mol. The van der Waals surface area contributed by atoms with Gasteiger partial charge in [-0.15, -0.1) is 0 Å². The summed E-state index contributed by atoms with van der Waals surface area (Å²) in [7, 11) is -4.84. The van der Waals surface area contributed by atoms with Crippen LogP contribution in [0.5, 0.6) is 0 Å². The number of rotatable bonds is 29. The number of amides is 6. The number of aliphatic carboxylic acids is 3. The monoisotopic (exact) mass is 961 g/mol. The molecule has 0 saturated carbocycles. The van der Waals surface area contributed by atoms with E-state index in [1.54, 1.807) is 79.6 Å². The van der Waals surface area contributed by atoms with Crippen LogP contribution in [0.4, 0.5) is 0 Å². The Bertz CT molecular complexity index is 2110. The first-order valence-corrected chi connectivity index (χ1v) is 22.8. The Morgan fingerprint density at radius 1 is 0.612 bits per heavy atom. The van der Waals surface area contributed by atoms with Crippen molar-refractivity contribution < 1.29 is 72.8 Å². The largest absolute Gasteiger partial charge is 0.481 e. The molecule has 0 spiro atoms. The van der Waals surface area contributed by atoms with Gasteiger partial charge in [-0.2, -0.15) is 0 Å². The summed E-state index contributed by atoms with van der Waals surface area (Å²) in [5.41, 5.74) is 6.80. The Kier molecular flexibility index (Phi) is 23.7. The maximum atomic E-state index is 14.3. The molecule has 24 nitrogen and oxygen atoms in total.